The molecular weight excluding hydrogens is 513 g/mol. The molecule has 1 spiro atoms. The molecule has 7 nitrogen and oxygen atoms in total. The van der Waals surface area contributed by atoms with Crippen LogP contribution in [0.25, 0.3) is 5.65 Å². The Morgan fingerprint density at radius 1 is 1.14 bits per heavy atom. The Balaban J connectivity index is 1.26. The average Bonchev–Trinajstić information content (AvgIpc) is 3.43. The minimum Gasteiger partial charge on any atom is -0.492 e. The molecule has 0 atom stereocenters. The van der Waals surface area contributed by atoms with E-state index in [0.717, 1.165) is 28.4 Å². The van der Waals surface area contributed by atoms with E-state index in [0.29, 0.717) is 49.0 Å². The third kappa shape index (κ3) is 3.83. The van der Waals surface area contributed by atoms with Gasteiger partial charge in [0.1, 0.15) is 22.9 Å². The van der Waals surface area contributed by atoms with E-state index in [1.807, 2.05) is 41.3 Å². The summed E-state index contributed by atoms with van der Waals surface area (Å²) in [5.41, 5.74) is 3.08. The summed E-state index contributed by atoms with van der Waals surface area (Å²) in [6.07, 6.45) is 4.81. The zero-order valence-corrected chi connectivity index (χ0v) is 20.5. The van der Waals surface area contributed by atoms with Crippen LogP contribution in [-0.4, -0.2) is 45.1 Å². The monoisotopic (exact) mass is 535 g/mol. The lowest BCUT2D eigenvalue weighted by atomic mass is 9.74. The number of ether oxygens (including phenoxy) is 1. The lowest BCUT2D eigenvalue weighted by molar-refractivity contribution is 0.0646. The largest absolute Gasteiger partial charge is 0.492 e. The number of nitrogens with one attached hydrogen (secondary N) is 1. The van der Waals surface area contributed by atoms with Gasteiger partial charge in [-0.05, 0) is 40.4 Å². The molecule has 2 aliphatic heterocycles. The molecule has 4 heterocycles. The number of fused-ring (bicyclic) bond motifs is 3. The first-order chi connectivity index (χ1) is 17.0. The number of nitrogens with zero attached hydrogens (tertiary/aromatic N) is 4. The molecule has 6 rings (SSSR count). The second-order valence-corrected chi connectivity index (χ2v) is 9.94. The van der Waals surface area contributed by atoms with Crippen LogP contribution in [0.3, 0.4) is 0 Å². The maximum absolute atomic E-state index is 13.7. The Morgan fingerprint density at radius 3 is 2.74 bits per heavy atom. The fraction of sp³-hybridized carbons (Fsp3) is 0.269. The summed E-state index contributed by atoms with van der Waals surface area (Å²) < 4.78 is 21.9. The van der Waals surface area contributed by atoms with Crippen molar-refractivity contribution in [2.45, 2.75) is 24.8 Å². The SMILES string of the molecule is O=C(c1cnc2c(Br)cnn2c1NCc1ccccc1)N1CCC2(CC1)COc1cc(F)ccc12. The highest BCUT2D eigenvalue weighted by Crippen LogP contribution is 2.45. The molecule has 0 unspecified atom stereocenters. The minimum atomic E-state index is -0.294. The number of carbonyl (C=O) groups is 1. The number of aromatic nitrogens is 3. The zero-order valence-electron chi connectivity index (χ0n) is 18.9. The van der Waals surface area contributed by atoms with Gasteiger partial charge in [0.2, 0.25) is 0 Å². The van der Waals surface area contributed by atoms with Gasteiger partial charge < -0.3 is 15.0 Å². The molecule has 2 aromatic carbocycles. The molecule has 1 saturated heterocycles. The number of hydrogen-bond acceptors (Lipinski definition) is 5. The number of amides is 1. The molecule has 0 saturated carbocycles. The molecule has 4 aromatic rings. The summed E-state index contributed by atoms with van der Waals surface area (Å²) in [7, 11) is 0. The van der Waals surface area contributed by atoms with Crippen LogP contribution in [0.1, 0.15) is 34.3 Å². The predicted molar refractivity (Wildman–Crippen MR) is 133 cm³/mol. The lowest BCUT2D eigenvalue weighted by Crippen LogP contribution is -2.46. The van der Waals surface area contributed by atoms with E-state index in [9.17, 15) is 9.18 Å². The van der Waals surface area contributed by atoms with Crippen LogP contribution in [0.2, 0.25) is 0 Å². The maximum Gasteiger partial charge on any atom is 0.259 e. The first-order valence-corrected chi connectivity index (χ1v) is 12.4. The van der Waals surface area contributed by atoms with E-state index in [4.69, 9.17) is 4.74 Å². The highest BCUT2D eigenvalue weighted by Gasteiger charge is 2.44. The van der Waals surface area contributed by atoms with Gasteiger partial charge in [-0.1, -0.05) is 36.4 Å². The van der Waals surface area contributed by atoms with Gasteiger partial charge in [0, 0.05) is 42.9 Å². The third-order valence-corrected chi connectivity index (χ3v) is 7.60. The van der Waals surface area contributed by atoms with Crippen LogP contribution in [0.15, 0.2) is 65.4 Å². The number of halogens is 2. The van der Waals surface area contributed by atoms with Gasteiger partial charge in [0.25, 0.3) is 5.91 Å². The summed E-state index contributed by atoms with van der Waals surface area (Å²) in [6, 6.07) is 14.8. The number of benzene rings is 2. The molecule has 35 heavy (non-hydrogen) atoms. The van der Waals surface area contributed by atoms with Gasteiger partial charge in [-0.25, -0.2) is 9.37 Å². The molecule has 2 aliphatic rings. The molecule has 0 bridgehead atoms. The Kier molecular flexibility index (Phi) is 5.44. The Hall–Kier alpha value is -3.46. The highest BCUT2D eigenvalue weighted by atomic mass is 79.9. The zero-order chi connectivity index (χ0) is 24.0. The molecular formula is C26H23BrFN5O2. The van der Waals surface area contributed by atoms with Crippen LogP contribution < -0.4 is 10.1 Å². The number of carbonyl (C=O) groups excluding carboxylic acids is 1. The van der Waals surface area contributed by atoms with Crippen molar-refractivity contribution >= 4 is 33.3 Å². The first kappa shape index (κ1) is 22.0. The van der Waals surface area contributed by atoms with E-state index in [1.165, 1.54) is 12.1 Å². The number of rotatable bonds is 4. The number of anilines is 1. The second-order valence-electron chi connectivity index (χ2n) is 9.09. The molecule has 9 heteroatoms. The van der Waals surface area contributed by atoms with Crippen LogP contribution in [-0.2, 0) is 12.0 Å². The van der Waals surface area contributed by atoms with E-state index in [1.54, 1.807) is 16.9 Å². The maximum atomic E-state index is 13.7. The number of piperidine rings is 1. The Morgan fingerprint density at radius 2 is 1.94 bits per heavy atom. The van der Waals surface area contributed by atoms with E-state index in [-0.39, 0.29) is 17.1 Å². The summed E-state index contributed by atoms with van der Waals surface area (Å²) in [6.45, 7) is 2.23. The van der Waals surface area contributed by atoms with E-state index < -0.39 is 0 Å². The van der Waals surface area contributed by atoms with E-state index in [2.05, 4.69) is 31.3 Å². The van der Waals surface area contributed by atoms with Crippen molar-refractivity contribution in [3.8, 4) is 5.75 Å². The van der Waals surface area contributed by atoms with Crippen molar-refractivity contribution in [1.29, 1.82) is 0 Å². The van der Waals surface area contributed by atoms with Crippen molar-refractivity contribution in [3.05, 3.63) is 87.9 Å². The van der Waals surface area contributed by atoms with Gasteiger partial charge in [-0.3, -0.25) is 4.79 Å². The Labute approximate surface area is 210 Å². The lowest BCUT2D eigenvalue weighted by Gasteiger charge is -2.38. The third-order valence-electron chi connectivity index (χ3n) is 7.04. The fourth-order valence-electron chi connectivity index (χ4n) is 5.08. The summed E-state index contributed by atoms with van der Waals surface area (Å²) in [5.74, 6) is 0.850. The minimum absolute atomic E-state index is 0.0883. The normalized spacial score (nSPS) is 16.3. The van der Waals surface area contributed by atoms with Crippen LogP contribution in [0.4, 0.5) is 10.2 Å². The van der Waals surface area contributed by atoms with Crippen LogP contribution in [0, 0.1) is 5.82 Å². The van der Waals surface area contributed by atoms with Crippen molar-refractivity contribution in [2.75, 3.05) is 25.0 Å². The molecule has 178 valence electrons. The van der Waals surface area contributed by atoms with Crippen molar-refractivity contribution in [3.63, 3.8) is 0 Å². The van der Waals surface area contributed by atoms with Crippen molar-refractivity contribution in [1.82, 2.24) is 19.5 Å². The first-order valence-electron chi connectivity index (χ1n) is 11.6. The molecule has 1 N–H and O–H groups in total. The highest BCUT2D eigenvalue weighted by molar-refractivity contribution is 9.10. The smallest absolute Gasteiger partial charge is 0.259 e. The van der Waals surface area contributed by atoms with Gasteiger partial charge in [0.05, 0.1) is 17.3 Å². The molecule has 2 aromatic heterocycles. The van der Waals surface area contributed by atoms with E-state index >= 15 is 0 Å². The topological polar surface area (TPSA) is 71.8 Å². The molecule has 1 amide bonds. The van der Waals surface area contributed by atoms with Crippen molar-refractivity contribution < 1.29 is 13.9 Å². The average molecular weight is 536 g/mol. The van der Waals surface area contributed by atoms with Gasteiger partial charge in [-0.2, -0.15) is 9.61 Å². The standard InChI is InChI=1S/C26H23BrFN5O2/c27-21-15-31-33-23(29-13-17-4-2-1-3-5-17)19(14-30-24(21)33)25(34)32-10-8-26(9-11-32)16-35-22-12-18(28)6-7-20(22)26/h1-7,12,14-15,29H,8-11,13,16H2. The van der Waals surface area contributed by atoms with Gasteiger partial charge in [-0.15, -0.1) is 0 Å². The predicted octanol–water partition coefficient (Wildman–Crippen LogP) is 4.81. The summed E-state index contributed by atoms with van der Waals surface area (Å²) in [4.78, 5) is 20.0. The molecule has 1 fully saturated rings. The second kappa shape index (κ2) is 8.64. The fourth-order valence-corrected chi connectivity index (χ4v) is 5.44. The van der Waals surface area contributed by atoms with Crippen LogP contribution in [0.5, 0.6) is 5.75 Å². The molecule has 0 radical (unpaired) electrons. The Bertz CT molecular complexity index is 1420. The van der Waals surface area contributed by atoms with Crippen LogP contribution >= 0.6 is 15.9 Å². The summed E-state index contributed by atoms with van der Waals surface area (Å²) in [5, 5.41) is 7.84. The molecule has 0 aliphatic carbocycles. The number of likely N-dealkylation sites (tertiary alicyclic amines) is 1. The van der Waals surface area contributed by atoms with Crippen molar-refractivity contribution in [2.24, 2.45) is 0 Å². The summed E-state index contributed by atoms with van der Waals surface area (Å²) >= 11 is 3.48. The van der Waals surface area contributed by atoms with Gasteiger partial charge >= 0.3 is 0 Å². The quantitative estimate of drug-likeness (QED) is 0.406. The number of hydrogen-bond donors (Lipinski definition) is 1. The van der Waals surface area contributed by atoms with Gasteiger partial charge in [0.15, 0.2) is 5.65 Å².